The number of pyridine rings is 2. The van der Waals surface area contributed by atoms with E-state index in [-0.39, 0.29) is 17.7 Å². The first-order valence-electron chi connectivity index (χ1n) is 8.02. The van der Waals surface area contributed by atoms with Crippen molar-refractivity contribution in [3.8, 4) is 16.9 Å². The van der Waals surface area contributed by atoms with Crippen molar-refractivity contribution in [1.29, 1.82) is 0 Å². The summed E-state index contributed by atoms with van der Waals surface area (Å²) in [4.78, 5) is 28.6. The Balaban J connectivity index is 1.93. The van der Waals surface area contributed by atoms with Gasteiger partial charge in [-0.2, -0.15) is 13.2 Å². The minimum atomic E-state index is -4.82. The van der Waals surface area contributed by atoms with Crippen molar-refractivity contribution < 1.29 is 22.7 Å². The molecule has 0 atom stereocenters. The summed E-state index contributed by atoms with van der Waals surface area (Å²) in [7, 11) is 0. The molecule has 0 saturated carbocycles. The van der Waals surface area contributed by atoms with Crippen LogP contribution >= 0.6 is 0 Å². The predicted molar refractivity (Wildman–Crippen MR) is 94.6 cm³/mol. The van der Waals surface area contributed by atoms with Crippen LogP contribution in [-0.4, -0.2) is 15.9 Å². The van der Waals surface area contributed by atoms with Crippen LogP contribution in [-0.2, 0) is 12.8 Å². The summed E-state index contributed by atoms with van der Waals surface area (Å²) < 4.78 is 45.5. The lowest BCUT2D eigenvalue weighted by Crippen LogP contribution is -2.27. The summed E-state index contributed by atoms with van der Waals surface area (Å²) in [5.74, 6) is -0.679. The second-order valence-electron chi connectivity index (χ2n) is 5.83. The highest BCUT2D eigenvalue weighted by atomic mass is 19.4. The van der Waals surface area contributed by atoms with Crippen LogP contribution in [0.1, 0.15) is 21.6 Å². The molecule has 144 valence electrons. The number of halogens is 3. The Morgan fingerprint density at radius 1 is 1.11 bits per heavy atom. The zero-order valence-electron chi connectivity index (χ0n) is 14.3. The monoisotopic (exact) mass is 389 g/mol. The fraction of sp³-hybridized carbons (Fsp3) is 0.105. The van der Waals surface area contributed by atoms with E-state index in [1.807, 2.05) is 0 Å². The first-order valence-corrected chi connectivity index (χ1v) is 8.02. The zero-order chi connectivity index (χ0) is 20.3. The molecule has 6 nitrogen and oxygen atoms in total. The number of ether oxygens (including phenoxy) is 1. The van der Waals surface area contributed by atoms with Gasteiger partial charge in [-0.3, -0.25) is 14.6 Å². The van der Waals surface area contributed by atoms with Crippen LogP contribution in [0.25, 0.3) is 11.1 Å². The van der Waals surface area contributed by atoms with Gasteiger partial charge in [0.05, 0.1) is 0 Å². The van der Waals surface area contributed by atoms with Gasteiger partial charge in [0.2, 0.25) is 0 Å². The molecular formula is C19H14F3N3O3. The average molecular weight is 389 g/mol. The van der Waals surface area contributed by atoms with Gasteiger partial charge in [-0.15, -0.1) is 0 Å². The lowest BCUT2D eigenvalue weighted by molar-refractivity contribution is -0.140. The van der Waals surface area contributed by atoms with Crippen LogP contribution in [0, 0.1) is 0 Å². The maximum Gasteiger partial charge on any atom is 0.431 e. The number of hydrogen-bond donors (Lipinski definition) is 2. The Labute approximate surface area is 156 Å². The summed E-state index contributed by atoms with van der Waals surface area (Å²) in [5, 5.41) is 0. The molecule has 2 aromatic heterocycles. The number of nitrogens with one attached hydrogen (secondary N) is 1. The van der Waals surface area contributed by atoms with Crippen molar-refractivity contribution in [3.05, 3.63) is 82.0 Å². The number of benzene rings is 1. The number of primary amides is 1. The Morgan fingerprint density at radius 3 is 2.32 bits per heavy atom. The number of hydrogen-bond acceptors (Lipinski definition) is 4. The molecule has 0 aliphatic heterocycles. The quantitative estimate of drug-likeness (QED) is 0.700. The van der Waals surface area contributed by atoms with Crippen LogP contribution in [0.15, 0.2) is 59.7 Å². The normalized spacial score (nSPS) is 11.2. The van der Waals surface area contributed by atoms with Crippen molar-refractivity contribution in [2.24, 2.45) is 5.73 Å². The summed E-state index contributed by atoms with van der Waals surface area (Å²) in [6, 6.07) is 10.2. The van der Waals surface area contributed by atoms with Gasteiger partial charge in [-0.25, -0.2) is 0 Å². The minimum Gasteiger partial charge on any atom is -0.489 e. The highest BCUT2D eigenvalue weighted by Crippen LogP contribution is 2.35. The molecule has 0 spiro atoms. The minimum absolute atomic E-state index is 0.141. The van der Waals surface area contributed by atoms with Gasteiger partial charge in [-0.05, 0) is 41.5 Å². The Kier molecular flexibility index (Phi) is 5.16. The third-order valence-corrected chi connectivity index (χ3v) is 3.91. The second kappa shape index (κ2) is 7.55. The molecule has 0 saturated heterocycles. The third kappa shape index (κ3) is 4.20. The smallest absolute Gasteiger partial charge is 0.431 e. The van der Waals surface area contributed by atoms with Crippen LogP contribution in [0.4, 0.5) is 13.2 Å². The van der Waals surface area contributed by atoms with E-state index < -0.39 is 28.9 Å². The molecule has 2 heterocycles. The highest BCUT2D eigenvalue weighted by Gasteiger charge is 2.36. The highest BCUT2D eigenvalue weighted by molar-refractivity contribution is 5.94. The molecular weight excluding hydrogens is 375 g/mol. The van der Waals surface area contributed by atoms with Gasteiger partial charge in [0.1, 0.15) is 23.6 Å². The van der Waals surface area contributed by atoms with E-state index in [1.54, 1.807) is 29.5 Å². The maximum atomic E-state index is 13.3. The molecule has 1 amide bonds. The van der Waals surface area contributed by atoms with Crippen molar-refractivity contribution in [3.63, 3.8) is 0 Å². The van der Waals surface area contributed by atoms with Crippen LogP contribution < -0.4 is 16.0 Å². The maximum absolute atomic E-state index is 13.3. The number of nitrogens with zero attached hydrogens (tertiary/aromatic N) is 1. The van der Waals surface area contributed by atoms with Crippen molar-refractivity contribution in [2.45, 2.75) is 12.8 Å². The molecule has 3 aromatic rings. The molecule has 0 aliphatic rings. The average Bonchev–Trinajstić information content (AvgIpc) is 2.66. The lowest BCUT2D eigenvalue weighted by atomic mass is 10.0. The summed E-state index contributed by atoms with van der Waals surface area (Å²) in [6.07, 6.45) is -1.58. The number of amides is 1. The fourth-order valence-corrected chi connectivity index (χ4v) is 2.54. The van der Waals surface area contributed by atoms with Gasteiger partial charge < -0.3 is 15.5 Å². The summed E-state index contributed by atoms with van der Waals surface area (Å²) in [6.45, 7) is 0.264. The fourth-order valence-electron chi connectivity index (χ4n) is 2.54. The molecule has 3 N–H and O–H groups in total. The topological polar surface area (TPSA) is 98.1 Å². The van der Waals surface area contributed by atoms with E-state index in [1.165, 1.54) is 24.3 Å². The number of alkyl halides is 3. The van der Waals surface area contributed by atoms with Crippen LogP contribution in [0.5, 0.6) is 5.75 Å². The number of carbonyl (C=O) groups excluding carboxylic acids is 1. The van der Waals surface area contributed by atoms with Crippen molar-refractivity contribution in [2.75, 3.05) is 0 Å². The van der Waals surface area contributed by atoms with Crippen molar-refractivity contribution in [1.82, 2.24) is 9.97 Å². The summed E-state index contributed by atoms with van der Waals surface area (Å²) in [5.41, 5.74) is 2.73. The van der Waals surface area contributed by atoms with Gasteiger partial charge >= 0.3 is 6.18 Å². The number of nitrogens with two attached hydrogens (primary N) is 1. The number of aromatic amines is 1. The van der Waals surface area contributed by atoms with E-state index >= 15 is 0 Å². The predicted octanol–water partition coefficient (Wildman–Crippen LogP) is 3.13. The van der Waals surface area contributed by atoms with Gasteiger partial charge in [0.25, 0.3) is 11.5 Å². The van der Waals surface area contributed by atoms with Gasteiger partial charge in [0, 0.05) is 18.0 Å². The van der Waals surface area contributed by atoms with Crippen LogP contribution in [0.2, 0.25) is 0 Å². The molecule has 0 fully saturated rings. The molecule has 3 rings (SSSR count). The number of carbonyl (C=O) groups is 1. The largest absolute Gasteiger partial charge is 0.489 e. The van der Waals surface area contributed by atoms with Crippen LogP contribution in [0.3, 0.4) is 0 Å². The zero-order valence-corrected chi connectivity index (χ0v) is 14.3. The molecule has 1 aromatic carbocycles. The van der Waals surface area contributed by atoms with E-state index in [0.717, 1.165) is 11.6 Å². The van der Waals surface area contributed by atoms with Gasteiger partial charge in [0.15, 0.2) is 0 Å². The Morgan fingerprint density at radius 2 is 1.75 bits per heavy atom. The third-order valence-electron chi connectivity index (χ3n) is 3.91. The molecule has 9 heteroatoms. The summed E-state index contributed by atoms with van der Waals surface area (Å²) >= 11 is 0. The van der Waals surface area contributed by atoms with E-state index in [0.29, 0.717) is 5.75 Å². The molecule has 0 aliphatic carbocycles. The van der Waals surface area contributed by atoms with Crippen molar-refractivity contribution >= 4 is 5.91 Å². The number of rotatable bonds is 5. The molecule has 0 radical (unpaired) electrons. The SMILES string of the molecule is NC(=O)c1cc(-c2ccc(OCc3ccncc3)cc2)c(C(F)(F)F)[nH]c1=O. The van der Waals surface area contributed by atoms with E-state index in [9.17, 15) is 22.8 Å². The first-order chi connectivity index (χ1) is 13.3. The Bertz CT molecular complexity index is 1050. The Hall–Kier alpha value is -3.62. The first kappa shape index (κ1) is 19.2. The number of aromatic nitrogens is 2. The van der Waals surface area contributed by atoms with E-state index in [4.69, 9.17) is 10.5 Å². The van der Waals surface area contributed by atoms with E-state index in [2.05, 4.69) is 4.98 Å². The lowest BCUT2D eigenvalue weighted by Gasteiger charge is -2.14. The second-order valence-corrected chi connectivity index (χ2v) is 5.83. The standard InChI is InChI=1S/C19H14F3N3O3/c20-19(21,22)16-14(9-15(17(23)26)18(27)25-16)12-1-3-13(4-2-12)28-10-11-5-7-24-8-6-11/h1-9H,10H2,(H2,23,26)(H,25,27). The van der Waals surface area contributed by atoms with Gasteiger partial charge in [-0.1, -0.05) is 12.1 Å². The molecule has 0 unspecified atom stereocenters. The molecule has 0 bridgehead atoms. The molecule has 28 heavy (non-hydrogen) atoms. The number of H-pyrrole nitrogens is 1.